The summed E-state index contributed by atoms with van der Waals surface area (Å²) in [5, 5.41) is 5.16. The summed E-state index contributed by atoms with van der Waals surface area (Å²) in [4.78, 5) is 32.7. The first-order chi connectivity index (χ1) is 15.9. The lowest BCUT2D eigenvalue weighted by Crippen LogP contribution is -2.51. The number of aromatic nitrogens is 3. The van der Waals surface area contributed by atoms with Gasteiger partial charge in [0, 0.05) is 24.6 Å². The summed E-state index contributed by atoms with van der Waals surface area (Å²) in [7, 11) is 0. The molecule has 0 saturated carbocycles. The first kappa shape index (κ1) is 20.9. The van der Waals surface area contributed by atoms with Crippen LogP contribution in [0, 0.1) is 0 Å². The molecule has 0 saturated heterocycles. The quantitative estimate of drug-likeness (QED) is 0.524. The van der Waals surface area contributed by atoms with Gasteiger partial charge in [-0.1, -0.05) is 54.6 Å². The minimum Gasteiger partial charge on any atom is -0.368 e. The van der Waals surface area contributed by atoms with Crippen molar-refractivity contribution >= 4 is 22.8 Å². The molecule has 2 aromatic carbocycles. The standard InChI is InChI=1S/C26H25N5O2/c1-16(2)31-25-21(14-28-31)20(13-22(29-25)17-8-4-3-5-9-17)26(33)30-15-19-11-7-6-10-18(19)12-23(30)24(27)32/h3-11,13-14,16,23H,12,15H2,1-2H3,(H2,27,32)/t23-/m1/s1. The Morgan fingerprint density at radius 3 is 2.42 bits per heavy atom. The molecule has 7 nitrogen and oxygen atoms in total. The predicted octanol–water partition coefficient (Wildman–Crippen LogP) is 3.73. The number of hydrogen-bond acceptors (Lipinski definition) is 4. The van der Waals surface area contributed by atoms with Crippen LogP contribution in [0.25, 0.3) is 22.3 Å². The maximum Gasteiger partial charge on any atom is 0.255 e. The van der Waals surface area contributed by atoms with Crippen LogP contribution in [0.5, 0.6) is 0 Å². The average Bonchev–Trinajstić information content (AvgIpc) is 3.27. The van der Waals surface area contributed by atoms with Crippen molar-refractivity contribution in [3.63, 3.8) is 0 Å². The van der Waals surface area contributed by atoms with Gasteiger partial charge in [0.15, 0.2) is 5.65 Å². The number of nitrogens with zero attached hydrogens (tertiary/aromatic N) is 4. The average molecular weight is 440 g/mol. The number of nitrogens with two attached hydrogens (primary N) is 1. The third-order valence-electron chi connectivity index (χ3n) is 6.19. The summed E-state index contributed by atoms with van der Waals surface area (Å²) in [5.41, 5.74) is 10.5. The second-order valence-corrected chi connectivity index (χ2v) is 8.67. The molecule has 5 rings (SSSR count). The lowest BCUT2D eigenvalue weighted by atomic mass is 9.92. The van der Waals surface area contributed by atoms with Crippen LogP contribution in [0.1, 0.15) is 41.4 Å². The number of benzene rings is 2. The Morgan fingerprint density at radius 1 is 1.03 bits per heavy atom. The summed E-state index contributed by atoms with van der Waals surface area (Å²) in [6.07, 6.45) is 2.09. The van der Waals surface area contributed by atoms with Gasteiger partial charge < -0.3 is 10.6 Å². The van der Waals surface area contributed by atoms with Crippen LogP contribution in [-0.2, 0) is 17.8 Å². The van der Waals surface area contributed by atoms with Crippen LogP contribution < -0.4 is 5.73 Å². The Bertz CT molecular complexity index is 1360. The number of amides is 2. The van der Waals surface area contributed by atoms with E-state index in [0.29, 0.717) is 35.3 Å². The Balaban J connectivity index is 1.67. The van der Waals surface area contributed by atoms with Gasteiger partial charge in [0.2, 0.25) is 5.91 Å². The van der Waals surface area contributed by atoms with Crippen LogP contribution in [0.3, 0.4) is 0 Å². The molecule has 2 aromatic heterocycles. The molecule has 2 amide bonds. The van der Waals surface area contributed by atoms with E-state index in [9.17, 15) is 9.59 Å². The van der Waals surface area contributed by atoms with Crippen molar-refractivity contribution in [3.8, 4) is 11.3 Å². The van der Waals surface area contributed by atoms with E-state index in [1.165, 1.54) is 0 Å². The molecule has 0 unspecified atom stereocenters. The molecule has 1 aliphatic heterocycles. The van der Waals surface area contributed by atoms with Gasteiger partial charge in [0.25, 0.3) is 5.91 Å². The van der Waals surface area contributed by atoms with Crippen LogP contribution >= 0.6 is 0 Å². The van der Waals surface area contributed by atoms with E-state index >= 15 is 0 Å². The minimum atomic E-state index is -0.712. The molecular weight excluding hydrogens is 414 g/mol. The molecule has 1 aliphatic rings. The Hall–Kier alpha value is -4.00. The van der Waals surface area contributed by atoms with Crippen molar-refractivity contribution < 1.29 is 9.59 Å². The van der Waals surface area contributed by atoms with Crippen molar-refractivity contribution in [2.45, 2.75) is 38.9 Å². The Morgan fingerprint density at radius 2 is 1.73 bits per heavy atom. The van der Waals surface area contributed by atoms with Gasteiger partial charge in [-0.05, 0) is 31.0 Å². The lowest BCUT2D eigenvalue weighted by Gasteiger charge is -2.35. The molecule has 0 aliphatic carbocycles. The van der Waals surface area contributed by atoms with Crippen LogP contribution in [-0.4, -0.2) is 37.5 Å². The summed E-state index contributed by atoms with van der Waals surface area (Å²) in [6.45, 7) is 4.37. The first-order valence-electron chi connectivity index (χ1n) is 11.0. The zero-order valence-corrected chi connectivity index (χ0v) is 18.6. The summed E-state index contributed by atoms with van der Waals surface area (Å²) >= 11 is 0. The molecular formula is C26H25N5O2. The molecule has 0 fully saturated rings. The highest BCUT2D eigenvalue weighted by molar-refractivity contribution is 6.07. The van der Waals surface area contributed by atoms with Gasteiger partial charge in [-0.2, -0.15) is 5.10 Å². The molecule has 166 valence electrons. The Kier molecular flexibility index (Phi) is 5.17. The maximum absolute atomic E-state index is 14.0. The van der Waals surface area contributed by atoms with Gasteiger partial charge in [0.05, 0.1) is 22.8 Å². The van der Waals surface area contributed by atoms with E-state index in [1.807, 2.05) is 73.1 Å². The zero-order valence-electron chi connectivity index (χ0n) is 18.6. The normalized spacial score (nSPS) is 15.6. The molecule has 0 bridgehead atoms. The van der Waals surface area contributed by atoms with Crippen LogP contribution in [0.15, 0.2) is 66.9 Å². The fourth-order valence-electron chi connectivity index (χ4n) is 4.48. The monoisotopic (exact) mass is 439 g/mol. The molecule has 0 radical (unpaired) electrons. The number of hydrogen-bond donors (Lipinski definition) is 1. The third-order valence-corrected chi connectivity index (χ3v) is 6.19. The molecule has 33 heavy (non-hydrogen) atoms. The van der Waals surface area contributed by atoms with Crippen LogP contribution in [0.4, 0.5) is 0 Å². The summed E-state index contributed by atoms with van der Waals surface area (Å²) in [5.74, 6) is -0.759. The number of rotatable bonds is 4. The number of fused-ring (bicyclic) bond motifs is 2. The zero-order chi connectivity index (χ0) is 23.1. The lowest BCUT2D eigenvalue weighted by molar-refractivity contribution is -0.122. The second-order valence-electron chi connectivity index (χ2n) is 8.67. The van der Waals surface area contributed by atoms with Gasteiger partial charge in [-0.15, -0.1) is 0 Å². The topological polar surface area (TPSA) is 94.1 Å². The molecule has 3 heterocycles. The van der Waals surface area contributed by atoms with Crippen molar-refractivity contribution in [2.75, 3.05) is 0 Å². The van der Waals surface area contributed by atoms with Crippen molar-refractivity contribution in [1.29, 1.82) is 0 Å². The number of primary amides is 1. The minimum absolute atomic E-state index is 0.0733. The van der Waals surface area contributed by atoms with Gasteiger partial charge in [0.1, 0.15) is 6.04 Å². The van der Waals surface area contributed by atoms with E-state index in [2.05, 4.69) is 5.10 Å². The highest BCUT2D eigenvalue weighted by Crippen LogP contribution is 2.30. The van der Waals surface area contributed by atoms with E-state index in [4.69, 9.17) is 10.7 Å². The summed E-state index contributed by atoms with van der Waals surface area (Å²) < 4.78 is 1.82. The predicted molar refractivity (Wildman–Crippen MR) is 126 cm³/mol. The third kappa shape index (κ3) is 3.65. The van der Waals surface area contributed by atoms with Crippen molar-refractivity contribution in [3.05, 3.63) is 83.6 Å². The number of carbonyl (C=O) groups is 2. The highest BCUT2D eigenvalue weighted by atomic mass is 16.2. The van der Waals surface area contributed by atoms with E-state index in [0.717, 1.165) is 16.7 Å². The Labute approximate surface area is 191 Å². The molecule has 1 atom stereocenters. The van der Waals surface area contributed by atoms with Crippen LogP contribution in [0.2, 0.25) is 0 Å². The second kappa shape index (κ2) is 8.16. The molecule has 7 heteroatoms. The maximum atomic E-state index is 14.0. The van der Waals surface area contributed by atoms with Gasteiger partial charge >= 0.3 is 0 Å². The van der Waals surface area contributed by atoms with Gasteiger partial charge in [-0.3, -0.25) is 9.59 Å². The summed E-state index contributed by atoms with van der Waals surface area (Å²) in [6, 6.07) is 18.7. The molecule has 4 aromatic rings. The highest BCUT2D eigenvalue weighted by Gasteiger charge is 2.35. The molecule has 2 N–H and O–H groups in total. The largest absolute Gasteiger partial charge is 0.368 e. The SMILES string of the molecule is CC(C)n1ncc2c(C(=O)N3Cc4ccccc4C[C@@H]3C(N)=O)cc(-c3ccccc3)nc21. The fourth-order valence-corrected chi connectivity index (χ4v) is 4.48. The fraction of sp³-hybridized carbons (Fsp3) is 0.231. The van der Waals surface area contributed by atoms with E-state index < -0.39 is 11.9 Å². The van der Waals surface area contributed by atoms with E-state index in [1.54, 1.807) is 17.2 Å². The van der Waals surface area contributed by atoms with E-state index in [-0.39, 0.29) is 11.9 Å². The van der Waals surface area contributed by atoms with Crippen molar-refractivity contribution in [2.24, 2.45) is 5.73 Å². The van der Waals surface area contributed by atoms with Crippen molar-refractivity contribution in [1.82, 2.24) is 19.7 Å². The first-order valence-corrected chi connectivity index (χ1v) is 11.0. The number of carbonyl (C=O) groups excluding carboxylic acids is 2. The number of pyridine rings is 1. The smallest absolute Gasteiger partial charge is 0.255 e. The van der Waals surface area contributed by atoms with Gasteiger partial charge in [-0.25, -0.2) is 9.67 Å². The molecule has 0 spiro atoms.